The molecule has 2 unspecified atom stereocenters. The molecule has 2 atom stereocenters. The molecule has 1 aliphatic rings. The van der Waals surface area contributed by atoms with Gasteiger partial charge in [0.1, 0.15) is 6.04 Å². The second kappa shape index (κ2) is 6.59. The van der Waals surface area contributed by atoms with E-state index in [1.807, 2.05) is 13.8 Å². The van der Waals surface area contributed by atoms with Gasteiger partial charge in [-0.2, -0.15) is 0 Å². The Morgan fingerprint density at radius 3 is 2.65 bits per heavy atom. The smallest absolute Gasteiger partial charge is 0.328 e. The summed E-state index contributed by atoms with van der Waals surface area (Å²) < 4.78 is 4.70. The maximum atomic E-state index is 11.9. The molecule has 0 aromatic heterocycles. The molecule has 1 saturated heterocycles. The largest absolute Gasteiger partial charge is 0.467 e. The molecule has 5 heteroatoms. The molecule has 2 N–H and O–H groups in total. The molecule has 17 heavy (non-hydrogen) atoms. The molecule has 0 aromatic rings. The average Bonchev–Trinajstić information content (AvgIpc) is 2.79. The van der Waals surface area contributed by atoms with E-state index in [0.29, 0.717) is 12.3 Å². The zero-order valence-electron chi connectivity index (χ0n) is 10.8. The number of ether oxygens (including phenoxy) is 1. The molecule has 98 valence electrons. The SMILES string of the molecule is COC(=O)C(CC(C)C)NC(=O)C1CCCN1. The lowest BCUT2D eigenvalue weighted by Gasteiger charge is -2.20. The molecule has 0 spiro atoms. The molecule has 0 radical (unpaired) electrons. The molecule has 1 amide bonds. The van der Waals surface area contributed by atoms with Crippen molar-refractivity contribution >= 4 is 11.9 Å². The Kier molecular flexibility index (Phi) is 5.41. The summed E-state index contributed by atoms with van der Waals surface area (Å²) in [6, 6.07) is -0.691. The summed E-state index contributed by atoms with van der Waals surface area (Å²) >= 11 is 0. The summed E-state index contributed by atoms with van der Waals surface area (Å²) in [4.78, 5) is 23.4. The van der Waals surface area contributed by atoms with Gasteiger partial charge in [0.25, 0.3) is 0 Å². The minimum Gasteiger partial charge on any atom is -0.467 e. The third kappa shape index (κ3) is 4.34. The molecular weight excluding hydrogens is 220 g/mol. The van der Waals surface area contributed by atoms with Crippen molar-refractivity contribution in [3.05, 3.63) is 0 Å². The van der Waals surface area contributed by atoms with E-state index in [4.69, 9.17) is 4.74 Å². The highest BCUT2D eigenvalue weighted by Gasteiger charge is 2.28. The van der Waals surface area contributed by atoms with Gasteiger partial charge in [-0.05, 0) is 31.7 Å². The first kappa shape index (κ1) is 14.0. The Labute approximate surface area is 102 Å². The third-order valence-corrected chi connectivity index (χ3v) is 2.89. The van der Waals surface area contributed by atoms with Crippen LogP contribution >= 0.6 is 0 Å². The van der Waals surface area contributed by atoms with Crippen molar-refractivity contribution in [2.45, 2.75) is 45.2 Å². The minimum atomic E-state index is -0.533. The number of carbonyl (C=O) groups excluding carboxylic acids is 2. The van der Waals surface area contributed by atoms with Crippen molar-refractivity contribution in [1.82, 2.24) is 10.6 Å². The maximum Gasteiger partial charge on any atom is 0.328 e. The van der Waals surface area contributed by atoms with Crippen molar-refractivity contribution in [3.63, 3.8) is 0 Å². The van der Waals surface area contributed by atoms with E-state index in [9.17, 15) is 9.59 Å². The van der Waals surface area contributed by atoms with E-state index in [1.54, 1.807) is 0 Å². The van der Waals surface area contributed by atoms with E-state index in [2.05, 4.69) is 10.6 Å². The normalized spacial score (nSPS) is 21.3. The Bertz CT molecular complexity index is 273. The van der Waals surface area contributed by atoms with Crippen LogP contribution in [0.4, 0.5) is 0 Å². The van der Waals surface area contributed by atoms with E-state index < -0.39 is 6.04 Å². The van der Waals surface area contributed by atoms with Crippen LogP contribution in [0.1, 0.15) is 33.1 Å². The molecule has 0 bridgehead atoms. The fraction of sp³-hybridized carbons (Fsp3) is 0.833. The lowest BCUT2D eigenvalue weighted by molar-refractivity contribution is -0.145. The first-order valence-electron chi connectivity index (χ1n) is 6.16. The van der Waals surface area contributed by atoms with Gasteiger partial charge in [0.05, 0.1) is 13.2 Å². The molecule has 0 aliphatic carbocycles. The van der Waals surface area contributed by atoms with E-state index in [-0.39, 0.29) is 17.9 Å². The van der Waals surface area contributed by atoms with Gasteiger partial charge in [0.15, 0.2) is 0 Å². The van der Waals surface area contributed by atoms with Crippen molar-refractivity contribution < 1.29 is 14.3 Å². The molecule has 1 fully saturated rings. The van der Waals surface area contributed by atoms with Gasteiger partial charge >= 0.3 is 5.97 Å². The molecule has 0 aromatic carbocycles. The van der Waals surface area contributed by atoms with Gasteiger partial charge in [0.2, 0.25) is 5.91 Å². The summed E-state index contributed by atoms with van der Waals surface area (Å²) in [5.74, 6) is -0.139. The summed E-state index contributed by atoms with van der Waals surface area (Å²) in [6.45, 7) is 4.89. The topological polar surface area (TPSA) is 67.4 Å². The van der Waals surface area contributed by atoms with Crippen LogP contribution in [0.15, 0.2) is 0 Å². The Morgan fingerprint density at radius 2 is 2.18 bits per heavy atom. The summed E-state index contributed by atoms with van der Waals surface area (Å²) in [5, 5.41) is 5.87. The Balaban J connectivity index is 2.52. The van der Waals surface area contributed by atoms with Crippen LogP contribution in [0.25, 0.3) is 0 Å². The van der Waals surface area contributed by atoms with Crippen LogP contribution in [0.2, 0.25) is 0 Å². The number of hydrogen-bond donors (Lipinski definition) is 2. The fourth-order valence-corrected chi connectivity index (χ4v) is 2.01. The predicted molar refractivity (Wildman–Crippen MR) is 64.4 cm³/mol. The van der Waals surface area contributed by atoms with Gasteiger partial charge in [0, 0.05) is 0 Å². The van der Waals surface area contributed by atoms with E-state index in [1.165, 1.54) is 7.11 Å². The lowest BCUT2D eigenvalue weighted by atomic mass is 10.0. The number of amides is 1. The molecule has 1 rings (SSSR count). The van der Waals surface area contributed by atoms with Gasteiger partial charge in [-0.15, -0.1) is 0 Å². The summed E-state index contributed by atoms with van der Waals surface area (Å²) in [5.41, 5.74) is 0. The number of hydrogen-bond acceptors (Lipinski definition) is 4. The fourth-order valence-electron chi connectivity index (χ4n) is 2.01. The molecule has 0 saturated carbocycles. The lowest BCUT2D eigenvalue weighted by Crippen LogP contribution is -2.49. The molecular formula is C12H22N2O3. The zero-order chi connectivity index (χ0) is 12.8. The van der Waals surface area contributed by atoms with Gasteiger partial charge in [-0.1, -0.05) is 13.8 Å². The van der Waals surface area contributed by atoms with E-state index in [0.717, 1.165) is 19.4 Å². The quantitative estimate of drug-likeness (QED) is 0.687. The predicted octanol–water partition coefficient (Wildman–Crippen LogP) is 0.442. The molecule has 1 heterocycles. The number of rotatable bonds is 5. The zero-order valence-corrected chi connectivity index (χ0v) is 10.8. The molecule has 5 nitrogen and oxygen atoms in total. The highest BCUT2D eigenvalue weighted by molar-refractivity contribution is 5.87. The van der Waals surface area contributed by atoms with Crippen LogP contribution in [0, 0.1) is 5.92 Å². The van der Waals surface area contributed by atoms with E-state index >= 15 is 0 Å². The van der Waals surface area contributed by atoms with Crippen LogP contribution in [0.5, 0.6) is 0 Å². The summed E-state index contributed by atoms with van der Waals surface area (Å²) in [6.07, 6.45) is 2.44. The van der Waals surface area contributed by atoms with Gasteiger partial charge in [-0.3, -0.25) is 4.79 Å². The monoisotopic (exact) mass is 242 g/mol. The third-order valence-electron chi connectivity index (χ3n) is 2.89. The molecule has 1 aliphatic heterocycles. The second-order valence-electron chi connectivity index (χ2n) is 4.86. The highest BCUT2D eigenvalue weighted by atomic mass is 16.5. The van der Waals surface area contributed by atoms with Crippen LogP contribution < -0.4 is 10.6 Å². The first-order valence-corrected chi connectivity index (χ1v) is 6.16. The first-order chi connectivity index (χ1) is 8.04. The van der Waals surface area contributed by atoms with Crippen molar-refractivity contribution in [3.8, 4) is 0 Å². The Morgan fingerprint density at radius 1 is 1.47 bits per heavy atom. The number of carbonyl (C=O) groups is 2. The number of nitrogens with one attached hydrogen (secondary N) is 2. The highest BCUT2D eigenvalue weighted by Crippen LogP contribution is 2.09. The van der Waals surface area contributed by atoms with Crippen LogP contribution in [0.3, 0.4) is 0 Å². The second-order valence-corrected chi connectivity index (χ2v) is 4.86. The van der Waals surface area contributed by atoms with Gasteiger partial charge < -0.3 is 15.4 Å². The maximum absolute atomic E-state index is 11.9. The minimum absolute atomic E-state index is 0.0986. The average molecular weight is 242 g/mol. The van der Waals surface area contributed by atoms with Crippen molar-refractivity contribution in [2.75, 3.05) is 13.7 Å². The number of methoxy groups -OCH3 is 1. The van der Waals surface area contributed by atoms with Crippen molar-refractivity contribution in [1.29, 1.82) is 0 Å². The van der Waals surface area contributed by atoms with Crippen LogP contribution in [-0.4, -0.2) is 37.6 Å². The Hall–Kier alpha value is -1.10. The van der Waals surface area contributed by atoms with Gasteiger partial charge in [-0.25, -0.2) is 4.79 Å². The van der Waals surface area contributed by atoms with Crippen molar-refractivity contribution in [2.24, 2.45) is 5.92 Å². The van der Waals surface area contributed by atoms with Crippen LogP contribution in [-0.2, 0) is 14.3 Å². The summed E-state index contributed by atoms with van der Waals surface area (Å²) in [7, 11) is 1.34. The number of esters is 1. The standard InChI is InChI=1S/C12H22N2O3/c1-8(2)7-10(12(16)17-3)14-11(15)9-5-4-6-13-9/h8-10,13H,4-7H2,1-3H3,(H,14,15).